The third-order valence-electron chi connectivity index (χ3n) is 2.59. The normalized spacial score (nSPS) is 14.4. The summed E-state index contributed by atoms with van der Waals surface area (Å²) in [5.74, 6) is -0.452. The number of hydrogen-bond donors (Lipinski definition) is 1. The first kappa shape index (κ1) is 11.7. The number of rotatable bonds is 3. The first-order valence-electron chi connectivity index (χ1n) is 5.04. The second-order valence-electron chi connectivity index (χ2n) is 3.76. The van der Waals surface area contributed by atoms with Crippen LogP contribution in [-0.4, -0.2) is 24.2 Å². The molecule has 82 valence electrons. The second-order valence-corrected chi connectivity index (χ2v) is 3.76. The van der Waals surface area contributed by atoms with E-state index in [-0.39, 0.29) is 11.8 Å². The van der Waals surface area contributed by atoms with Gasteiger partial charge < -0.3 is 10.0 Å². The lowest BCUT2D eigenvalue weighted by molar-refractivity contribution is -0.124. The molecule has 1 N–H and O–H groups in total. The molecule has 0 aliphatic rings. The SMILES string of the molecule is C[C@H](O)[C@@H](C)C(=O)N(C)c1ccccc1. The van der Waals surface area contributed by atoms with E-state index >= 15 is 0 Å². The number of nitrogens with zero attached hydrogens (tertiary/aromatic N) is 1. The van der Waals surface area contributed by atoms with Crippen molar-refractivity contribution in [2.24, 2.45) is 5.92 Å². The summed E-state index contributed by atoms with van der Waals surface area (Å²) in [4.78, 5) is 13.4. The van der Waals surface area contributed by atoms with Gasteiger partial charge in [0, 0.05) is 12.7 Å². The number of carbonyl (C=O) groups is 1. The van der Waals surface area contributed by atoms with Crippen LogP contribution in [0.1, 0.15) is 13.8 Å². The molecule has 1 aromatic carbocycles. The lowest BCUT2D eigenvalue weighted by Crippen LogP contribution is -2.36. The molecule has 1 rings (SSSR count). The van der Waals surface area contributed by atoms with Crippen LogP contribution in [0, 0.1) is 5.92 Å². The van der Waals surface area contributed by atoms with Crippen LogP contribution in [0.4, 0.5) is 5.69 Å². The molecule has 0 saturated carbocycles. The van der Waals surface area contributed by atoms with Gasteiger partial charge >= 0.3 is 0 Å². The van der Waals surface area contributed by atoms with E-state index in [0.717, 1.165) is 5.69 Å². The average molecular weight is 207 g/mol. The highest BCUT2D eigenvalue weighted by Crippen LogP contribution is 2.15. The molecule has 0 aliphatic heterocycles. The van der Waals surface area contributed by atoms with Crippen LogP contribution in [0.25, 0.3) is 0 Å². The van der Waals surface area contributed by atoms with Gasteiger partial charge in [0.05, 0.1) is 12.0 Å². The maximum Gasteiger partial charge on any atom is 0.232 e. The third kappa shape index (κ3) is 2.80. The van der Waals surface area contributed by atoms with Crippen molar-refractivity contribution in [1.82, 2.24) is 0 Å². The Morgan fingerprint density at radius 2 is 1.80 bits per heavy atom. The van der Waals surface area contributed by atoms with Gasteiger partial charge in [0.25, 0.3) is 0 Å². The van der Waals surface area contributed by atoms with Gasteiger partial charge in [0.1, 0.15) is 0 Å². The Labute approximate surface area is 90.3 Å². The fraction of sp³-hybridized carbons (Fsp3) is 0.417. The molecule has 1 amide bonds. The molecule has 0 aliphatic carbocycles. The van der Waals surface area contributed by atoms with E-state index in [2.05, 4.69) is 0 Å². The molecule has 1 aromatic rings. The fourth-order valence-electron chi connectivity index (χ4n) is 1.29. The Balaban J connectivity index is 2.78. The van der Waals surface area contributed by atoms with E-state index < -0.39 is 6.10 Å². The minimum atomic E-state index is -0.622. The maximum atomic E-state index is 11.9. The van der Waals surface area contributed by atoms with Crippen LogP contribution in [0.3, 0.4) is 0 Å². The van der Waals surface area contributed by atoms with Crippen molar-refractivity contribution in [3.63, 3.8) is 0 Å². The summed E-state index contributed by atoms with van der Waals surface area (Å²) < 4.78 is 0. The number of para-hydroxylation sites is 1. The zero-order valence-electron chi connectivity index (χ0n) is 9.34. The number of anilines is 1. The van der Waals surface area contributed by atoms with E-state index in [0.29, 0.717) is 0 Å². The van der Waals surface area contributed by atoms with E-state index in [1.54, 1.807) is 25.8 Å². The quantitative estimate of drug-likeness (QED) is 0.819. The minimum absolute atomic E-state index is 0.0730. The van der Waals surface area contributed by atoms with E-state index in [4.69, 9.17) is 0 Å². The monoisotopic (exact) mass is 207 g/mol. The van der Waals surface area contributed by atoms with Gasteiger partial charge in [-0.25, -0.2) is 0 Å². The number of benzene rings is 1. The second kappa shape index (κ2) is 4.94. The molecule has 0 aromatic heterocycles. The topological polar surface area (TPSA) is 40.5 Å². The summed E-state index contributed by atoms with van der Waals surface area (Å²) in [7, 11) is 1.72. The number of aliphatic hydroxyl groups excluding tert-OH is 1. The Bertz CT molecular complexity index is 322. The minimum Gasteiger partial charge on any atom is -0.393 e. The molecular formula is C12H17NO2. The summed E-state index contributed by atoms with van der Waals surface area (Å²) in [6.45, 7) is 3.36. The zero-order chi connectivity index (χ0) is 11.4. The third-order valence-corrected chi connectivity index (χ3v) is 2.59. The molecule has 15 heavy (non-hydrogen) atoms. The van der Waals surface area contributed by atoms with Crippen LogP contribution in [-0.2, 0) is 4.79 Å². The highest BCUT2D eigenvalue weighted by molar-refractivity contribution is 5.94. The largest absolute Gasteiger partial charge is 0.393 e. The van der Waals surface area contributed by atoms with Crippen molar-refractivity contribution in [2.75, 3.05) is 11.9 Å². The molecular weight excluding hydrogens is 190 g/mol. The molecule has 0 heterocycles. The van der Waals surface area contributed by atoms with Crippen molar-refractivity contribution < 1.29 is 9.90 Å². The molecule has 3 heteroatoms. The smallest absolute Gasteiger partial charge is 0.232 e. The first-order valence-corrected chi connectivity index (χ1v) is 5.04. The van der Waals surface area contributed by atoms with E-state index in [1.165, 1.54) is 0 Å². The van der Waals surface area contributed by atoms with Crippen molar-refractivity contribution in [3.05, 3.63) is 30.3 Å². The summed E-state index contributed by atoms with van der Waals surface area (Å²) >= 11 is 0. The van der Waals surface area contributed by atoms with E-state index in [1.807, 2.05) is 30.3 Å². The van der Waals surface area contributed by atoms with Gasteiger partial charge in [-0.1, -0.05) is 25.1 Å². The average Bonchev–Trinajstić information content (AvgIpc) is 2.27. The van der Waals surface area contributed by atoms with Crippen LogP contribution in [0.15, 0.2) is 30.3 Å². The van der Waals surface area contributed by atoms with Crippen molar-refractivity contribution in [3.8, 4) is 0 Å². The van der Waals surface area contributed by atoms with Crippen LogP contribution in [0.2, 0.25) is 0 Å². The first-order chi connectivity index (χ1) is 7.04. The van der Waals surface area contributed by atoms with Gasteiger partial charge in [-0.3, -0.25) is 4.79 Å². The number of aliphatic hydroxyl groups is 1. The molecule has 0 saturated heterocycles. The molecule has 0 fully saturated rings. The predicted octanol–water partition coefficient (Wildman–Crippen LogP) is 1.67. The number of carbonyl (C=O) groups excluding carboxylic acids is 1. The van der Waals surface area contributed by atoms with Crippen molar-refractivity contribution >= 4 is 11.6 Å². The molecule has 3 nitrogen and oxygen atoms in total. The van der Waals surface area contributed by atoms with Gasteiger partial charge in [-0.15, -0.1) is 0 Å². The standard InChI is InChI=1S/C12H17NO2/c1-9(10(2)14)12(15)13(3)11-7-5-4-6-8-11/h4-10,14H,1-3H3/t9-,10+/m1/s1. The summed E-state index contributed by atoms with van der Waals surface area (Å²) in [6, 6.07) is 9.40. The Morgan fingerprint density at radius 3 is 2.27 bits per heavy atom. The van der Waals surface area contributed by atoms with Gasteiger partial charge in [0.15, 0.2) is 0 Å². The Kier molecular flexibility index (Phi) is 3.86. The molecule has 0 radical (unpaired) electrons. The predicted molar refractivity (Wildman–Crippen MR) is 60.7 cm³/mol. The van der Waals surface area contributed by atoms with Crippen LogP contribution < -0.4 is 4.90 Å². The van der Waals surface area contributed by atoms with Crippen LogP contribution >= 0.6 is 0 Å². The lowest BCUT2D eigenvalue weighted by atomic mass is 10.0. The highest BCUT2D eigenvalue weighted by Gasteiger charge is 2.22. The molecule has 0 unspecified atom stereocenters. The highest BCUT2D eigenvalue weighted by atomic mass is 16.3. The lowest BCUT2D eigenvalue weighted by Gasteiger charge is -2.22. The zero-order valence-corrected chi connectivity index (χ0v) is 9.34. The fourth-order valence-corrected chi connectivity index (χ4v) is 1.29. The summed E-state index contributed by atoms with van der Waals surface area (Å²) in [5, 5.41) is 9.34. The van der Waals surface area contributed by atoms with Gasteiger partial charge in [0.2, 0.25) is 5.91 Å². The molecule has 0 spiro atoms. The van der Waals surface area contributed by atoms with Gasteiger partial charge in [-0.05, 0) is 19.1 Å². The summed E-state index contributed by atoms with van der Waals surface area (Å²) in [6.07, 6.45) is -0.622. The van der Waals surface area contributed by atoms with Gasteiger partial charge in [-0.2, -0.15) is 0 Å². The number of amides is 1. The van der Waals surface area contributed by atoms with Crippen molar-refractivity contribution in [2.45, 2.75) is 20.0 Å². The molecule has 0 bridgehead atoms. The van der Waals surface area contributed by atoms with Crippen LogP contribution in [0.5, 0.6) is 0 Å². The number of hydrogen-bond acceptors (Lipinski definition) is 2. The maximum absolute atomic E-state index is 11.9. The van der Waals surface area contributed by atoms with Crippen molar-refractivity contribution in [1.29, 1.82) is 0 Å². The molecule has 2 atom stereocenters. The summed E-state index contributed by atoms with van der Waals surface area (Å²) in [5.41, 5.74) is 0.843. The Hall–Kier alpha value is -1.35. The Morgan fingerprint density at radius 1 is 1.27 bits per heavy atom. The van der Waals surface area contributed by atoms with E-state index in [9.17, 15) is 9.90 Å².